The molecule has 0 aliphatic carbocycles. The van der Waals surface area contributed by atoms with Crippen LogP contribution in [-0.4, -0.2) is 18.4 Å². The maximum atomic E-state index is 12.1. The normalized spacial score (nSPS) is 14.3. The molecule has 4 heteroatoms. The van der Waals surface area contributed by atoms with Gasteiger partial charge in [0.05, 0.1) is 0 Å². The molecule has 2 aromatic carbocycles. The van der Waals surface area contributed by atoms with Crippen LogP contribution in [0.2, 0.25) is 0 Å². The molecule has 25 heavy (non-hydrogen) atoms. The Kier molecular flexibility index (Phi) is 5.29. The number of rotatable bonds is 5. The van der Waals surface area contributed by atoms with Crippen LogP contribution in [0.4, 0.5) is 11.4 Å². The summed E-state index contributed by atoms with van der Waals surface area (Å²) in [6.07, 6.45) is 5.72. The Morgan fingerprint density at radius 1 is 1.16 bits per heavy atom. The molecule has 2 aromatic rings. The number of carbonyl (C=O) groups excluding carboxylic acids is 2. The van der Waals surface area contributed by atoms with Crippen molar-refractivity contribution in [3.05, 3.63) is 65.7 Å². The minimum atomic E-state index is -0.153. The van der Waals surface area contributed by atoms with Crippen LogP contribution in [-0.2, 0) is 16.0 Å². The summed E-state index contributed by atoms with van der Waals surface area (Å²) in [6, 6.07) is 15.5. The van der Waals surface area contributed by atoms with E-state index in [-0.39, 0.29) is 11.8 Å². The van der Waals surface area contributed by atoms with Crippen LogP contribution in [0.5, 0.6) is 0 Å². The van der Waals surface area contributed by atoms with Crippen molar-refractivity contribution in [2.75, 3.05) is 16.8 Å². The van der Waals surface area contributed by atoms with Crippen molar-refractivity contribution in [2.24, 2.45) is 0 Å². The fraction of sp³-hybridized carbons (Fsp3) is 0.238. The summed E-state index contributed by atoms with van der Waals surface area (Å²) in [6.45, 7) is 2.85. The minimum absolute atomic E-state index is 0.153. The number of hydrogen-bond acceptors (Lipinski definition) is 2. The van der Waals surface area contributed by atoms with Crippen LogP contribution >= 0.6 is 0 Å². The molecule has 0 bridgehead atoms. The van der Waals surface area contributed by atoms with Gasteiger partial charge >= 0.3 is 0 Å². The summed E-state index contributed by atoms with van der Waals surface area (Å²) >= 11 is 0. The second-order valence-corrected chi connectivity index (χ2v) is 6.07. The van der Waals surface area contributed by atoms with Gasteiger partial charge in [0, 0.05) is 30.4 Å². The molecule has 0 aromatic heterocycles. The van der Waals surface area contributed by atoms with Gasteiger partial charge in [0.1, 0.15) is 0 Å². The predicted octanol–water partition coefficient (Wildman–Crippen LogP) is 4.03. The summed E-state index contributed by atoms with van der Waals surface area (Å²) in [5.74, 6) is 0.0250. The number of aryl methyl sites for hydroxylation is 1. The van der Waals surface area contributed by atoms with Crippen molar-refractivity contribution in [3.63, 3.8) is 0 Å². The molecule has 0 spiro atoms. The fourth-order valence-corrected chi connectivity index (χ4v) is 2.98. The molecule has 1 aliphatic rings. The molecule has 2 amide bonds. The van der Waals surface area contributed by atoms with E-state index in [0.29, 0.717) is 6.42 Å². The Balaban J connectivity index is 1.63. The molecule has 0 radical (unpaired) electrons. The van der Waals surface area contributed by atoms with Crippen LogP contribution in [0.1, 0.15) is 30.9 Å². The molecule has 3 rings (SSSR count). The van der Waals surface area contributed by atoms with Gasteiger partial charge in [0.15, 0.2) is 0 Å². The zero-order valence-electron chi connectivity index (χ0n) is 14.4. The lowest BCUT2D eigenvalue weighted by Gasteiger charge is -2.15. The molecular weight excluding hydrogens is 312 g/mol. The number of nitrogens with zero attached hydrogens (tertiary/aromatic N) is 1. The van der Waals surface area contributed by atoms with Gasteiger partial charge in [0.2, 0.25) is 11.8 Å². The molecule has 1 aliphatic heterocycles. The van der Waals surface area contributed by atoms with Crippen LogP contribution < -0.4 is 10.2 Å². The van der Waals surface area contributed by atoms with E-state index < -0.39 is 0 Å². The largest absolute Gasteiger partial charge is 0.322 e. The van der Waals surface area contributed by atoms with Gasteiger partial charge in [0.25, 0.3) is 0 Å². The average Bonchev–Trinajstić information content (AvgIpc) is 3.07. The van der Waals surface area contributed by atoms with Gasteiger partial charge < -0.3 is 10.2 Å². The second-order valence-electron chi connectivity index (χ2n) is 6.07. The van der Waals surface area contributed by atoms with Crippen molar-refractivity contribution in [2.45, 2.75) is 26.2 Å². The van der Waals surface area contributed by atoms with Crippen molar-refractivity contribution in [3.8, 4) is 0 Å². The molecular formula is C21H22N2O2. The third kappa shape index (κ3) is 4.15. The molecule has 0 saturated carbocycles. The Hall–Kier alpha value is -2.88. The molecule has 128 valence electrons. The van der Waals surface area contributed by atoms with Crippen molar-refractivity contribution < 1.29 is 9.59 Å². The van der Waals surface area contributed by atoms with Crippen molar-refractivity contribution >= 4 is 29.3 Å². The van der Waals surface area contributed by atoms with E-state index in [4.69, 9.17) is 0 Å². The third-order valence-corrected chi connectivity index (χ3v) is 4.36. The molecule has 1 saturated heterocycles. The van der Waals surface area contributed by atoms with Gasteiger partial charge in [-0.25, -0.2) is 0 Å². The first-order valence-corrected chi connectivity index (χ1v) is 8.65. The second kappa shape index (κ2) is 7.79. The number of carbonyl (C=O) groups is 2. The van der Waals surface area contributed by atoms with Crippen molar-refractivity contribution in [1.29, 1.82) is 0 Å². The number of nitrogens with one attached hydrogen (secondary N) is 1. The van der Waals surface area contributed by atoms with Crippen molar-refractivity contribution in [1.82, 2.24) is 0 Å². The van der Waals surface area contributed by atoms with E-state index in [1.54, 1.807) is 6.08 Å². The predicted molar refractivity (Wildman–Crippen MR) is 102 cm³/mol. The van der Waals surface area contributed by atoms with E-state index in [2.05, 4.69) is 12.2 Å². The van der Waals surface area contributed by atoms with E-state index in [1.165, 1.54) is 6.08 Å². The molecule has 1 heterocycles. The van der Waals surface area contributed by atoms with Gasteiger partial charge in [-0.1, -0.05) is 37.3 Å². The van der Waals surface area contributed by atoms with Crippen LogP contribution in [0.3, 0.4) is 0 Å². The maximum absolute atomic E-state index is 12.1. The highest BCUT2D eigenvalue weighted by atomic mass is 16.2. The van der Waals surface area contributed by atoms with E-state index >= 15 is 0 Å². The lowest BCUT2D eigenvalue weighted by Crippen LogP contribution is -2.23. The summed E-state index contributed by atoms with van der Waals surface area (Å²) in [5.41, 5.74) is 3.81. The molecule has 1 fully saturated rings. The summed E-state index contributed by atoms with van der Waals surface area (Å²) in [7, 11) is 0. The van der Waals surface area contributed by atoms with Gasteiger partial charge in [-0.2, -0.15) is 0 Å². The number of para-hydroxylation sites is 1. The standard InChI is InChI=1S/C21H22N2O2/c1-2-17-6-3-4-7-19(17)22-20(24)14-11-16-9-12-18(13-10-16)23-15-5-8-21(23)25/h3-4,6-7,9-14H,2,5,8,15H2,1H3,(H,22,24)/b14-11+. The zero-order chi connectivity index (χ0) is 17.6. The Labute approximate surface area is 148 Å². The van der Waals surface area contributed by atoms with Gasteiger partial charge in [-0.3, -0.25) is 9.59 Å². The summed E-state index contributed by atoms with van der Waals surface area (Å²) in [4.78, 5) is 25.7. The number of amides is 2. The third-order valence-electron chi connectivity index (χ3n) is 4.36. The first-order chi connectivity index (χ1) is 12.2. The highest BCUT2D eigenvalue weighted by Gasteiger charge is 2.21. The summed E-state index contributed by atoms with van der Waals surface area (Å²) in [5, 5.41) is 2.92. The molecule has 0 unspecified atom stereocenters. The highest BCUT2D eigenvalue weighted by Crippen LogP contribution is 2.22. The van der Waals surface area contributed by atoms with Crippen LogP contribution in [0, 0.1) is 0 Å². The van der Waals surface area contributed by atoms with E-state index in [9.17, 15) is 9.59 Å². The molecule has 4 nitrogen and oxygen atoms in total. The Morgan fingerprint density at radius 3 is 2.60 bits per heavy atom. The van der Waals surface area contributed by atoms with Crippen LogP contribution in [0.25, 0.3) is 6.08 Å². The highest BCUT2D eigenvalue weighted by molar-refractivity contribution is 6.02. The Bertz CT molecular complexity index is 794. The van der Waals surface area contributed by atoms with E-state index in [1.807, 2.05) is 53.4 Å². The number of benzene rings is 2. The van der Waals surface area contributed by atoms with E-state index in [0.717, 1.165) is 41.9 Å². The van der Waals surface area contributed by atoms with Crippen LogP contribution in [0.15, 0.2) is 54.6 Å². The smallest absolute Gasteiger partial charge is 0.248 e. The monoisotopic (exact) mass is 334 g/mol. The first-order valence-electron chi connectivity index (χ1n) is 8.65. The summed E-state index contributed by atoms with van der Waals surface area (Å²) < 4.78 is 0. The fourth-order valence-electron chi connectivity index (χ4n) is 2.98. The molecule has 0 atom stereocenters. The van der Waals surface area contributed by atoms with Gasteiger partial charge in [-0.05, 0) is 48.2 Å². The van der Waals surface area contributed by atoms with Gasteiger partial charge in [-0.15, -0.1) is 0 Å². The number of anilines is 2. The Morgan fingerprint density at radius 2 is 1.92 bits per heavy atom. The molecule has 1 N–H and O–H groups in total. The SMILES string of the molecule is CCc1ccccc1NC(=O)/C=C/c1ccc(N2CCCC2=O)cc1. The quantitative estimate of drug-likeness (QED) is 0.839. The lowest BCUT2D eigenvalue weighted by atomic mass is 10.1. The maximum Gasteiger partial charge on any atom is 0.248 e. The first kappa shape index (κ1) is 17.0. The topological polar surface area (TPSA) is 49.4 Å². The minimum Gasteiger partial charge on any atom is -0.322 e. The average molecular weight is 334 g/mol. The lowest BCUT2D eigenvalue weighted by molar-refractivity contribution is -0.117. The zero-order valence-corrected chi connectivity index (χ0v) is 14.4. The number of hydrogen-bond donors (Lipinski definition) is 1.